The molecule has 1 aromatic carbocycles. The van der Waals surface area contributed by atoms with Crippen molar-refractivity contribution < 1.29 is 0 Å². The largest absolute Gasteiger partial charge is 0.316 e. The van der Waals surface area contributed by atoms with Crippen molar-refractivity contribution in [2.75, 3.05) is 13.1 Å². The third-order valence-electron chi connectivity index (χ3n) is 3.94. The van der Waals surface area contributed by atoms with E-state index in [4.69, 9.17) is 11.6 Å². The van der Waals surface area contributed by atoms with Gasteiger partial charge in [-0.2, -0.15) is 0 Å². The van der Waals surface area contributed by atoms with Crippen LogP contribution in [0.2, 0.25) is 5.02 Å². The van der Waals surface area contributed by atoms with Crippen LogP contribution in [0.5, 0.6) is 0 Å². The first-order valence-corrected chi connectivity index (χ1v) is 7.60. The van der Waals surface area contributed by atoms with Crippen LogP contribution >= 0.6 is 11.6 Å². The zero-order valence-electron chi connectivity index (χ0n) is 12.0. The van der Waals surface area contributed by atoms with E-state index in [1.165, 1.54) is 24.0 Å². The zero-order valence-corrected chi connectivity index (χ0v) is 12.7. The molecule has 0 bridgehead atoms. The van der Waals surface area contributed by atoms with Crippen LogP contribution in [0.1, 0.15) is 38.2 Å². The van der Waals surface area contributed by atoms with E-state index in [0.717, 1.165) is 24.0 Å². The Morgan fingerprint density at radius 1 is 1.32 bits per heavy atom. The lowest BCUT2D eigenvalue weighted by molar-refractivity contribution is 0.566. The zero-order chi connectivity index (χ0) is 13.8. The van der Waals surface area contributed by atoms with Gasteiger partial charge in [0.05, 0.1) is 0 Å². The van der Waals surface area contributed by atoms with Crippen LogP contribution in [0.3, 0.4) is 0 Å². The van der Waals surface area contributed by atoms with Crippen LogP contribution in [-0.2, 0) is 0 Å². The van der Waals surface area contributed by atoms with Gasteiger partial charge in [0.25, 0.3) is 0 Å². The summed E-state index contributed by atoms with van der Waals surface area (Å²) in [6, 6.07) is 8.19. The number of hydrogen-bond donors (Lipinski definition) is 1. The van der Waals surface area contributed by atoms with Gasteiger partial charge in [-0.3, -0.25) is 0 Å². The third-order valence-corrected chi connectivity index (χ3v) is 4.19. The maximum Gasteiger partial charge on any atom is 0.0406 e. The first-order chi connectivity index (χ1) is 9.08. The number of benzene rings is 1. The van der Waals surface area contributed by atoms with E-state index >= 15 is 0 Å². The van der Waals surface area contributed by atoms with Gasteiger partial charge in [0, 0.05) is 17.5 Å². The Balaban J connectivity index is 2.03. The lowest BCUT2D eigenvalue weighted by atomic mass is 9.86. The molecule has 0 aliphatic heterocycles. The summed E-state index contributed by atoms with van der Waals surface area (Å²) >= 11 is 5.97. The molecule has 0 radical (unpaired) electrons. The Morgan fingerprint density at radius 2 is 1.95 bits per heavy atom. The molecule has 19 heavy (non-hydrogen) atoms. The summed E-state index contributed by atoms with van der Waals surface area (Å²) in [5, 5.41) is 4.40. The Morgan fingerprint density at radius 3 is 2.47 bits per heavy atom. The monoisotopic (exact) mass is 277 g/mol. The molecule has 1 aromatic rings. The highest BCUT2D eigenvalue weighted by Crippen LogP contribution is 2.30. The second kappa shape index (κ2) is 6.58. The fraction of sp³-hybridized carbons (Fsp3) is 0.529. The molecule has 1 N–H and O–H groups in total. The van der Waals surface area contributed by atoms with Crippen molar-refractivity contribution in [1.82, 2.24) is 5.32 Å². The smallest absolute Gasteiger partial charge is 0.0406 e. The minimum absolute atomic E-state index is 0.385. The Labute approximate surface area is 122 Å². The maximum absolute atomic E-state index is 5.97. The summed E-state index contributed by atoms with van der Waals surface area (Å²) in [5.74, 6) is 1.80. The lowest BCUT2D eigenvalue weighted by Crippen LogP contribution is -2.25. The van der Waals surface area contributed by atoms with Gasteiger partial charge in [-0.15, -0.1) is 0 Å². The van der Waals surface area contributed by atoms with Crippen LogP contribution in [0.25, 0.3) is 0 Å². The summed E-state index contributed by atoms with van der Waals surface area (Å²) in [7, 11) is 0. The molecule has 1 aliphatic carbocycles. The second-order valence-electron chi connectivity index (χ2n) is 5.94. The molecule has 1 saturated carbocycles. The summed E-state index contributed by atoms with van der Waals surface area (Å²) in [6.07, 6.45) is 2.79. The molecule has 0 unspecified atom stereocenters. The molecule has 0 spiro atoms. The van der Waals surface area contributed by atoms with Gasteiger partial charge in [0.2, 0.25) is 0 Å². The molecule has 0 amide bonds. The Kier molecular flexibility index (Phi) is 5.06. The van der Waals surface area contributed by atoms with Gasteiger partial charge >= 0.3 is 0 Å². The summed E-state index contributed by atoms with van der Waals surface area (Å²) < 4.78 is 0. The summed E-state index contributed by atoms with van der Waals surface area (Å²) in [4.78, 5) is 0. The van der Waals surface area contributed by atoms with Gasteiger partial charge in [0.1, 0.15) is 0 Å². The standard InChI is InChI=1S/C17H24ClN/c1-12(2)13(3)17(11-19-10-14-4-5-14)15-6-8-16(18)9-7-15/h6-9,12,14,17,19H,3-5,10-11H2,1-2H3/t17-/m0/s1. The average Bonchev–Trinajstić information content (AvgIpc) is 3.19. The minimum Gasteiger partial charge on any atom is -0.316 e. The maximum atomic E-state index is 5.97. The molecule has 0 saturated heterocycles. The van der Waals surface area contributed by atoms with E-state index in [2.05, 4.69) is 37.9 Å². The number of nitrogens with one attached hydrogen (secondary N) is 1. The van der Waals surface area contributed by atoms with E-state index in [1.54, 1.807) is 0 Å². The molecule has 2 rings (SSSR count). The normalized spacial score (nSPS) is 16.6. The van der Waals surface area contributed by atoms with E-state index in [9.17, 15) is 0 Å². The molecular formula is C17H24ClN. The molecule has 1 fully saturated rings. The van der Waals surface area contributed by atoms with E-state index in [1.807, 2.05) is 12.1 Å². The van der Waals surface area contributed by atoms with Crippen LogP contribution in [-0.4, -0.2) is 13.1 Å². The molecule has 1 nitrogen and oxygen atoms in total. The predicted octanol–water partition coefficient (Wildman–Crippen LogP) is 4.64. The molecule has 1 atom stereocenters. The van der Waals surface area contributed by atoms with Crippen LogP contribution in [0.15, 0.2) is 36.4 Å². The van der Waals surface area contributed by atoms with Crippen molar-refractivity contribution in [3.8, 4) is 0 Å². The van der Waals surface area contributed by atoms with Gasteiger partial charge < -0.3 is 5.32 Å². The molecule has 2 heteroatoms. The lowest BCUT2D eigenvalue weighted by Gasteiger charge is -2.23. The van der Waals surface area contributed by atoms with E-state index in [-0.39, 0.29) is 0 Å². The highest BCUT2D eigenvalue weighted by Gasteiger charge is 2.22. The predicted molar refractivity (Wildman–Crippen MR) is 83.8 cm³/mol. The molecule has 1 aliphatic rings. The Hall–Kier alpha value is -0.790. The topological polar surface area (TPSA) is 12.0 Å². The Bertz CT molecular complexity index is 417. The fourth-order valence-corrected chi connectivity index (χ4v) is 2.44. The van der Waals surface area contributed by atoms with Crippen molar-refractivity contribution in [3.05, 3.63) is 47.0 Å². The fourth-order valence-electron chi connectivity index (χ4n) is 2.31. The molecule has 104 valence electrons. The van der Waals surface area contributed by atoms with Crippen molar-refractivity contribution >= 4 is 11.6 Å². The van der Waals surface area contributed by atoms with Gasteiger partial charge in [0.15, 0.2) is 0 Å². The molecular weight excluding hydrogens is 254 g/mol. The summed E-state index contributed by atoms with van der Waals surface area (Å²) in [5.41, 5.74) is 2.61. The quantitative estimate of drug-likeness (QED) is 0.716. The van der Waals surface area contributed by atoms with Crippen LogP contribution in [0, 0.1) is 11.8 Å². The SMILES string of the molecule is C=C(C(C)C)[C@H](CNCC1CC1)c1ccc(Cl)cc1. The molecule has 0 aromatic heterocycles. The highest BCUT2D eigenvalue weighted by molar-refractivity contribution is 6.30. The van der Waals surface area contributed by atoms with E-state index < -0.39 is 0 Å². The second-order valence-corrected chi connectivity index (χ2v) is 6.37. The minimum atomic E-state index is 0.385. The molecule has 0 heterocycles. The number of hydrogen-bond acceptors (Lipinski definition) is 1. The van der Waals surface area contributed by atoms with Crippen LogP contribution < -0.4 is 5.32 Å². The van der Waals surface area contributed by atoms with Crippen molar-refractivity contribution in [2.24, 2.45) is 11.8 Å². The third kappa shape index (κ3) is 4.36. The van der Waals surface area contributed by atoms with Gasteiger partial charge in [-0.1, -0.05) is 49.7 Å². The number of halogens is 1. The number of rotatable bonds is 7. The van der Waals surface area contributed by atoms with Crippen LogP contribution in [0.4, 0.5) is 0 Å². The first kappa shape index (κ1) is 14.6. The average molecular weight is 278 g/mol. The van der Waals surface area contributed by atoms with Gasteiger partial charge in [-0.05, 0) is 48.9 Å². The van der Waals surface area contributed by atoms with Crippen molar-refractivity contribution in [1.29, 1.82) is 0 Å². The first-order valence-electron chi connectivity index (χ1n) is 7.22. The summed E-state index contributed by atoms with van der Waals surface area (Å²) in [6.45, 7) is 10.9. The van der Waals surface area contributed by atoms with Crippen molar-refractivity contribution in [3.63, 3.8) is 0 Å². The van der Waals surface area contributed by atoms with E-state index in [0.29, 0.717) is 11.8 Å². The van der Waals surface area contributed by atoms with Crippen molar-refractivity contribution in [2.45, 2.75) is 32.6 Å². The highest BCUT2D eigenvalue weighted by atomic mass is 35.5. The van der Waals surface area contributed by atoms with Gasteiger partial charge in [-0.25, -0.2) is 0 Å².